The van der Waals surface area contributed by atoms with E-state index in [9.17, 15) is 9.90 Å². The molecular formula is C18H27NO2. The van der Waals surface area contributed by atoms with Crippen LogP contribution in [-0.2, 0) is 4.79 Å². The number of benzene rings is 1. The number of aliphatic carboxylic acids is 1. The van der Waals surface area contributed by atoms with E-state index in [0.29, 0.717) is 12.0 Å². The average molecular weight is 289 g/mol. The topological polar surface area (TPSA) is 40.5 Å². The molecule has 1 fully saturated rings. The molecule has 1 saturated carbocycles. The van der Waals surface area contributed by atoms with E-state index in [2.05, 4.69) is 18.7 Å². The lowest BCUT2D eigenvalue weighted by molar-refractivity contribution is -0.144. The maximum atomic E-state index is 11.9. The normalized spacial score (nSPS) is 17.5. The van der Waals surface area contributed by atoms with Crippen LogP contribution < -0.4 is 0 Å². The minimum atomic E-state index is -0.725. The van der Waals surface area contributed by atoms with Gasteiger partial charge >= 0.3 is 5.97 Å². The van der Waals surface area contributed by atoms with Crippen LogP contribution in [0.25, 0.3) is 0 Å². The van der Waals surface area contributed by atoms with E-state index in [-0.39, 0.29) is 0 Å². The minimum absolute atomic E-state index is 0.421. The van der Waals surface area contributed by atoms with Crippen LogP contribution in [0, 0.1) is 5.92 Å². The lowest BCUT2D eigenvalue weighted by Gasteiger charge is -2.35. The van der Waals surface area contributed by atoms with Gasteiger partial charge in [0.05, 0.1) is 0 Å². The highest BCUT2D eigenvalue weighted by Gasteiger charge is 2.33. The van der Waals surface area contributed by atoms with Crippen molar-refractivity contribution < 1.29 is 9.90 Å². The molecule has 0 heterocycles. The number of carboxylic acids is 1. The molecule has 21 heavy (non-hydrogen) atoms. The summed E-state index contributed by atoms with van der Waals surface area (Å²) in [4.78, 5) is 14.1. The van der Waals surface area contributed by atoms with Gasteiger partial charge in [0.15, 0.2) is 0 Å². The fourth-order valence-corrected chi connectivity index (χ4v) is 3.28. The highest BCUT2D eigenvalue weighted by molar-refractivity contribution is 5.75. The summed E-state index contributed by atoms with van der Waals surface area (Å²) < 4.78 is 0. The number of nitrogens with zero attached hydrogens (tertiary/aromatic N) is 1. The summed E-state index contributed by atoms with van der Waals surface area (Å²) in [5.41, 5.74) is 0.903. The van der Waals surface area contributed by atoms with Crippen LogP contribution in [0.3, 0.4) is 0 Å². The first-order valence-electron chi connectivity index (χ1n) is 8.13. The predicted octanol–water partition coefficient (Wildman–Crippen LogP) is 4.10. The molecule has 1 aromatic carbocycles. The van der Waals surface area contributed by atoms with E-state index in [4.69, 9.17) is 0 Å². The van der Waals surface area contributed by atoms with Crippen molar-refractivity contribution in [3.8, 4) is 0 Å². The largest absolute Gasteiger partial charge is 0.480 e. The second-order valence-electron chi connectivity index (χ2n) is 6.51. The van der Waals surface area contributed by atoms with Gasteiger partial charge in [0.2, 0.25) is 0 Å². The molecule has 1 aromatic rings. The number of hydrogen-bond acceptors (Lipinski definition) is 2. The van der Waals surface area contributed by atoms with Gasteiger partial charge < -0.3 is 5.11 Å². The highest BCUT2D eigenvalue weighted by Crippen LogP contribution is 2.32. The third-order valence-electron chi connectivity index (χ3n) is 4.44. The maximum absolute atomic E-state index is 11.9. The van der Waals surface area contributed by atoms with Gasteiger partial charge in [-0.3, -0.25) is 9.69 Å². The standard InChI is InChI=1S/C18H27NO2/c1-14(2)12-13-19(16-10-6-7-11-16)17(18(20)21)15-8-4-3-5-9-15/h3-5,8-9,14,16-17H,6-7,10-13H2,1-2H3,(H,20,21). The Morgan fingerprint density at radius 2 is 1.86 bits per heavy atom. The van der Waals surface area contributed by atoms with E-state index in [0.717, 1.165) is 31.4 Å². The van der Waals surface area contributed by atoms with Gasteiger partial charge in [-0.25, -0.2) is 0 Å². The summed E-state index contributed by atoms with van der Waals surface area (Å²) in [5, 5.41) is 9.78. The van der Waals surface area contributed by atoms with E-state index < -0.39 is 12.0 Å². The van der Waals surface area contributed by atoms with Crippen molar-refractivity contribution in [1.29, 1.82) is 0 Å². The average Bonchev–Trinajstić information content (AvgIpc) is 2.97. The molecule has 0 amide bonds. The quantitative estimate of drug-likeness (QED) is 0.821. The number of hydrogen-bond donors (Lipinski definition) is 1. The van der Waals surface area contributed by atoms with E-state index in [1.807, 2.05) is 30.3 Å². The molecule has 0 saturated heterocycles. The molecule has 1 aliphatic carbocycles. The van der Waals surface area contributed by atoms with Crippen molar-refractivity contribution in [3.05, 3.63) is 35.9 Å². The van der Waals surface area contributed by atoms with Crippen molar-refractivity contribution in [3.63, 3.8) is 0 Å². The Labute approximate surface area is 128 Å². The predicted molar refractivity (Wildman–Crippen MR) is 85.2 cm³/mol. The van der Waals surface area contributed by atoms with Crippen LogP contribution in [0.5, 0.6) is 0 Å². The molecule has 1 atom stereocenters. The lowest BCUT2D eigenvalue weighted by atomic mass is 10.0. The Morgan fingerprint density at radius 1 is 1.24 bits per heavy atom. The van der Waals surface area contributed by atoms with E-state index >= 15 is 0 Å². The van der Waals surface area contributed by atoms with Crippen molar-refractivity contribution in [2.45, 2.75) is 58.0 Å². The zero-order valence-corrected chi connectivity index (χ0v) is 13.2. The van der Waals surface area contributed by atoms with E-state index in [1.165, 1.54) is 12.8 Å². The van der Waals surface area contributed by atoms with Gasteiger partial charge in [0.25, 0.3) is 0 Å². The van der Waals surface area contributed by atoms with Gasteiger partial charge in [-0.1, -0.05) is 57.0 Å². The molecule has 0 spiro atoms. The first kappa shape index (κ1) is 16.0. The molecular weight excluding hydrogens is 262 g/mol. The molecule has 0 aromatic heterocycles. The molecule has 1 unspecified atom stereocenters. The van der Waals surface area contributed by atoms with E-state index in [1.54, 1.807) is 0 Å². The summed E-state index contributed by atoms with van der Waals surface area (Å²) >= 11 is 0. The molecule has 3 nitrogen and oxygen atoms in total. The van der Waals surface area contributed by atoms with Crippen LogP contribution in [0.15, 0.2) is 30.3 Å². The first-order chi connectivity index (χ1) is 10.1. The SMILES string of the molecule is CC(C)CCN(C1CCCC1)C(C(=O)O)c1ccccc1. The summed E-state index contributed by atoms with van der Waals surface area (Å²) in [6, 6.07) is 9.60. The molecule has 1 N–H and O–H groups in total. The third-order valence-corrected chi connectivity index (χ3v) is 4.44. The minimum Gasteiger partial charge on any atom is -0.480 e. The van der Waals surface area contributed by atoms with Crippen molar-refractivity contribution in [2.24, 2.45) is 5.92 Å². The summed E-state index contributed by atoms with van der Waals surface area (Å²) in [6.07, 6.45) is 5.77. The summed E-state index contributed by atoms with van der Waals surface area (Å²) in [6.45, 7) is 5.27. The Morgan fingerprint density at radius 3 is 2.38 bits per heavy atom. The van der Waals surface area contributed by atoms with Gasteiger partial charge in [-0.15, -0.1) is 0 Å². The fourth-order valence-electron chi connectivity index (χ4n) is 3.28. The monoisotopic (exact) mass is 289 g/mol. The number of carbonyl (C=O) groups is 1. The van der Waals surface area contributed by atoms with Gasteiger partial charge in [0.1, 0.15) is 6.04 Å². The van der Waals surface area contributed by atoms with Crippen LogP contribution in [0.2, 0.25) is 0 Å². The van der Waals surface area contributed by atoms with Crippen LogP contribution in [0.1, 0.15) is 57.6 Å². The van der Waals surface area contributed by atoms with Gasteiger partial charge in [-0.2, -0.15) is 0 Å². The Bertz CT molecular complexity index is 438. The molecule has 2 rings (SSSR count). The lowest BCUT2D eigenvalue weighted by Crippen LogP contribution is -2.41. The molecule has 0 bridgehead atoms. The van der Waals surface area contributed by atoms with Crippen LogP contribution in [0.4, 0.5) is 0 Å². The second kappa shape index (κ2) is 7.60. The molecule has 3 heteroatoms. The Balaban J connectivity index is 2.23. The highest BCUT2D eigenvalue weighted by atomic mass is 16.4. The van der Waals surface area contributed by atoms with Crippen LogP contribution >= 0.6 is 0 Å². The number of carboxylic acid groups (broad SMARTS) is 1. The van der Waals surface area contributed by atoms with Gasteiger partial charge in [0, 0.05) is 6.04 Å². The summed E-state index contributed by atoms with van der Waals surface area (Å²) in [5.74, 6) is -0.129. The third kappa shape index (κ3) is 4.31. The zero-order chi connectivity index (χ0) is 15.2. The first-order valence-corrected chi connectivity index (χ1v) is 8.13. The van der Waals surface area contributed by atoms with Gasteiger partial charge in [-0.05, 0) is 37.3 Å². The van der Waals surface area contributed by atoms with Crippen molar-refractivity contribution in [1.82, 2.24) is 4.90 Å². The van der Waals surface area contributed by atoms with Crippen LogP contribution in [-0.4, -0.2) is 28.6 Å². The molecule has 0 radical (unpaired) electrons. The molecule has 0 aliphatic heterocycles. The van der Waals surface area contributed by atoms with Crippen molar-refractivity contribution in [2.75, 3.05) is 6.54 Å². The number of rotatable bonds is 7. The Kier molecular flexibility index (Phi) is 5.80. The molecule has 116 valence electrons. The fraction of sp³-hybridized carbons (Fsp3) is 0.611. The molecule has 1 aliphatic rings. The Hall–Kier alpha value is -1.35. The second-order valence-corrected chi connectivity index (χ2v) is 6.51. The smallest absolute Gasteiger partial charge is 0.325 e. The van der Waals surface area contributed by atoms with Crippen molar-refractivity contribution >= 4 is 5.97 Å². The maximum Gasteiger partial charge on any atom is 0.325 e. The zero-order valence-electron chi connectivity index (χ0n) is 13.2. The summed E-state index contributed by atoms with van der Waals surface area (Å²) in [7, 11) is 0.